The molecule has 0 atom stereocenters. The van der Waals surface area contributed by atoms with E-state index in [2.05, 4.69) is 4.98 Å². The number of benzene rings is 1. The molecule has 1 aliphatic heterocycles. The molecule has 2 aromatic heterocycles. The highest BCUT2D eigenvalue weighted by atomic mass is 16.5. The molecule has 3 heterocycles. The summed E-state index contributed by atoms with van der Waals surface area (Å²) in [4.78, 5) is 18.4. The van der Waals surface area contributed by atoms with E-state index in [9.17, 15) is 9.90 Å². The molecule has 1 amide bonds. The second-order valence-corrected chi connectivity index (χ2v) is 6.33. The number of amides is 1. The van der Waals surface area contributed by atoms with Crippen molar-refractivity contribution in [2.45, 2.75) is 19.6 Å². The Balaban J connectivity index is 1.40. The first kappa shape index (κ1) is 15.7. The van der Waals surface area contributed by atoms with Crippen LogP contribution < -0.4 is 4.74 Å². The van der Waals surface area contributed by atoms with E-state index in [0.29, 0.717) is 31.0 Å². The van der Waals surface area contributed by atoms with E-state index in [1.165, 1.54) is 0 Å². The number of aliphatic hydroxyl groups excluding tert-OH is 1. The molecule has 1 aliphatic rings. The zero-order valence-corrected chi connectivity index (χ0v) is 13.9. The highest BCUT2D eigenvalue weighted by Gasteiger charge is 2.29. The Morgan fingerprint density at radius 1 is 1.28 bits per heavy atom. The summed E-state index contributed by atoms with van der Waals surface area (Å²) in [7, 11) is 0. The molecule has 25 heavy (non-hydrogen) atoms. The number of nitrogens with zero attached hydrogens (tertiary/aromatic N) is 3. The van der Waals surface area contributed by atoms with Gasteiger partial charge in [-0.25, -0.2) is 4.98 Å². The molecule has 0 saturated carbocycles. The first-order valence-corrected chi connectivity index (χ1v) is 8.23. The first-order valence-electron chi connectivity index (χ1n) is 8.23. The maximum atomic E-state index is 12.2. The fraction of sp³-hybridized carbons (Fsp3) is 0.263. The van der Waals surface area contributed by atoms with Crippen molar-refractivity contribution in [3.05, 3.63) is 65.6 Å². The van der Waals surface area contributed by atoms with E-state index in [1.807, 2.05) is 35.9 Å². The minimum Gasteiger partial charge on any atom is -0.487 e. The van der Waals surface area contributed by atoms with Gasteiger partial charge in [-0.2, -0.15) is 0 Å². The smallest absolute Gasteiger partial charge is 0.254 e. The van der Waals surface area contributed by atoms with Crippen LogP contribution in [0.4, 0.5) is 0 Å². The second-order valence-electron chi connectivity index (χ2n) is 6.33. The lowest BCUT2D eigenvalue weighted by molar-refractivity contribution is 0.00589. The third kappa shape index (κ3) is 3.08. The number of aliphatic hydroxyl groups is 1. The molecule has 0 aliphatic carbocycles. The molecule has 1 fully saturated rings. The maximum absolute atomic E-state index is 12.2. The van der Waals surface area contributed by atoms with Crippen LogP contribution in [0.2, 0.25) is 0 Å². The van der Waals surface area contributed by atoms with Crippen LogP contribution in [0.5, 0.6) is 5.75 Å². The molecule has 0 spiro atoms. The van der Waals surface area contributed by atoms with Crippen LogP contribution in [-0.2, 0) is 6.61 Å². The number of aryl methyl sites for hydroxylation is 1. The van der Waals surface area contributed by atoms with Crippen molar-refractivity contribution >= 4 is 11.6 Å². The van der Waals surface area contributed by atoms with Crippen LogP contribution in [0, 0.1) is 6.92 Å². The molecular formula is C19H19N3O3. The molecule has 0 unspecified atom stereocenters. The standard InChI is InChI=1S/C19H19N3O3/c1-13-3-2-8-21-9-15(20-18(13)21)12-25-17-6-4-14(5-7-17)19(24)22-10-16(23)11-22/h2-9,16,23H,10-12H2,1H3. The zero-order valence-electron chi connectivity index (χ0n) is 13.9. The fourth-order valence-corrected chi connectivity index (χ4v) is 2.93. The molecule has 1 aromatic carbocycles. The van der Waals surface area contributed by atoms with Gasteiger partial charge in [-0.15, -0.1) is 0 Å². The van der Waals surface area contributed by atoms with Gasteiger partial charge in [-0.1, -0.05) is 6.07 Å². The van der Waals surface area contributed by atoms with E-state index in [4.69, 9.17) is 4.74 Å². The third-order valence-corrected chi connectivity index (χ3v) is 4.37. The average Bonchev–Trinajstić information content (AvgIpc) is 3.02. The molecule has 0 bridgehead atoms. The summed E-state index contributed by atoms with van der Waals surface area (Å²) in [6.07, 6.45) is 3.53. The molecule has 0 radical (unpaired) electrons. The van der Waals surface area contributed by atoms with Gasteiger partial charge < -0.3 is 19.1 Å². The molecule has 1 saturated heterocycles. The fourth-order valence-electron chi connectivity index (χ4n) is 2.93. The van der Waals surface area contributed by atoms with Gasteiger partial charge >= 0.3 is 0 Å². The van der Waals surface area contributed by atoms with E-state index in [-0.39, 0.29) is 12.0 Å². The average molecular weight is 337 g/mol. The SMILES string of the molecule is Cc1cccn2cc(COc3ccc(C(=O)N4CC(O)C4)cc3)nc12. The molecule has 6 nitrogen and oxygen atoms in total. The van der Waals surface area contributed by atoms with Crippen LogP contribution in [0.25, 0.3) is 5.65 Å². The van der Waals surface area contributed by atoms with Crippen molar-refractivity contribution in [3.63, 3.8) is 0 Å². The summed E-state index contributed by atoms with van der Waals surface area (Å²) in [6, 6.07) is 11.1. The van der Waals surface area contributed by atoms with Gasteiger partial charge in [0.15, 0.2) is 0 Å². The number of carbonyl (C=O) groups excluding carboxylic acids is 1. The minimum atomic E-state index is -0.388. The number of hydrogen-bond acceptors (Lipinski definition) is 4. The molecule has 6 heteroatoms. The Morgan fingerprint density at radius 3 is 2.72 bits per heavy atom. The summed E-state index contributed by atoms with van der Waals surface area (Å²) in [6.45, 7) is 3.21. The monoisotopic (exact) mass is 337 g/mol. The van der Waals surface area contributed by atoms with Crippen LogP contribution in [0.1, 0.15) is 21.6 Å². The number of carbonyl (C=O) groups is 1. The number of ether oxygens (including phenoxy) is 1. The van der Waals surface area contributed by atoms with Crippen molar-refractivity contribution in [2.24, 2.45) is 0 Å². The number of hydrogen-bond donors (Lipinski definition) is 1. The van der Waals surface area contributed by atoms with Crippen molar-refractivity contribution in [1.82, 2.24) is 14.3 Å². The summed E-state index contributed by atoms with van der Waals surface area (Å²) in [5.74, 6) is 0.627. The van der Waals surface area contributed by atoms with E-state index < -0.39 is 0 Å². The Morgan fingerprint density at radius 2 is 2.04 bits per heavy atom. The lowest BCUT2D eigenvalue weighted by Crippen LogP contribution is -2.53. The van der Waals surface area contributed by atoms with Gasteiger partial charge in [0.1, 0.15) is 18.0 Å². The van der Waals surface area contributed by atoms with E-state index >= 15 is 0 Å². The Labute approximate surface area is 145 Å². The van der Waals surface area contributed by atoms with Crippen LogP contribution in [0.15, 0.2) is 48.8 Å². The summed E-state index contributed by atoms with van der Waals surface area (Å²) < 4.78 is 7.76. The Bertz CT molecular complexity index is 911. The van der Waals surface area contributed by atoms with Gasteiger partial charge in [0.25, 0.3) is 5.91 Å². The number of β-amino-alcohol motifs (C(OH)–C–C–N with tert-alkyl or cyclic N) is 1. The van der Waals surface area contributed by atoms with E-state index in [0.717, 1.165) is 16.9 Å². The molecule has 4 rings (SSSR count). The summed E-state index contributed by atoms with van der Waals surface area (Å²) >= 11 is 0. The Kier molecular flexibility index (Phi) is 3.89. The molecule has 128 valence electrons. The summed E-state index contributed by atoms with van der Waals surface area (Å²) in [5.41, 5.74) is 3.50. The van der Waals surface area contributed by atoms with Gasteiger partial charge in [0, 0.05) is 31.0 Å². The summed E-state index contributed by atoms with van der Waals surface area (Å²) in [5, 5.41) is 9.28. The third-order valence-electron chi connectivity index (χ3n) is 4.37. The normalized spacial score (nSPS) is 14.6. The zero-order chi connectivity index (χ0) is 17.4. The number of aromatic nitrogens is 2. The maximum Gasteiger partial charge on any atom is 0.254 e. The van der Waals surface area contributed by atoms with Gasteiger partial charge in [-0.3, -0.25) is 4.79 Å². The molecule has 3 aromatic rings. The van der Waals surface area contributed by atoms with Crippen LogP contribution in [0.3, 0.4) is 0 Å². The number of pyridine rings is 1. The lowest BCUT2D eigenvalue weighted by atomic mass is 10.1. The number of imidazole rings is 1. The van der Waals surface area contributed by atoms with Gasteiger partial charge in [0.05, 0.1) is 11.8 Å². The first-order chi connectivity index (χ1) is 12.1. The quantitative estimate of drug-likeness (QED) is 0.791. The highest BCUT2D eigenvalue weighted by Crippen LogP contribution is 2.18. The Hall–Kier alpha value is -2.86. The lowest BCUT2D eigenvalue weighted by Gasteiger charge is -2.35. The van der Waals surface area contributed by atoms with Crippen molar-refractivity contribution in [2.75, 3.05) is 13.1 Å². The largest absolute Gasteiger partial charge is 0.487 e. The molecule has 1 N–H and O–H groups in total. The van der Waals surface area contributed by atoms with Crippen molar-refractivity contribution < 1.29 is 14.6 Å². The highest BCUT2D eigenvalue weighted by molar-refractivity contribution is 5.94. The van der Waals surface area contributed by atoms with Gasteiger partial charge in [0.2, 0.25) is 0 Å². The number of fused-ring (bicyclic) bond motifs is 1. The van der Waals surface area contributed by atoms with E-state index in [1.54, 1.807) is 29.2 Å². The van der Waals surface area contributed by atoms with Crippen LogP contribution >= 0.6 is 0 Å². The number of likely N-dealkylation sites (tertiary alicyclic amines) is 1. The predicted octanol–water partition coefficient (Wildman–Crippen LogP) is 2.04. The van der Waals surface area contributed by atoms with Crippen molar-refractivity contribution in [3.8, 4) is 5.75 Å². The number of rotatable bonds is 4. The topological polar surface area (TPSA) is 67.1 Å². The molecular weight excluding hydrogens is 318 g/mol. The second kappa shape index (κ2) is 6.22. The van der Waals surface area contributed by atoms with Crippen molar-refractivity contribution in [1.29, 1.82) is 0 Å². The minimum absolute atomic E-state index is 0.0623. The van der Waals surface area contributed by atoms with Gasteiger partial charge in [-0.05, 0) is 42.8 Å². The van der Waals surface area contributed by atoms with Crippen LogP contribution in [-0.4, -0.2) is 44.5 Å². The predicted molar refractivity (Wildman–Crippen MR) is 92.6 cm³/mol.